The first-order valence-electron chi connectivity index (χ1n) is 7.04. The largest absolute Gasteiger partial charge is 0.505 e. The molecule has 2 aromatic rings. The molecule has 1 aromatic heterocycles. The van der Waals surface area contributed by atoms with Crippen molar-refractivity contribution in [3.8, 4) is 22.9 Å². The average Bonchev–Trinajstić information content (AvgIpc) is 2.54. The summed E-state index contributed by atoms with van der Waals surface area (Å²) in [4.78, 5) is 26.1. The topological polar surface area (TPSA) is 123 Å². The zero-order valence-corrected chi connectivity index (χ0v) is 13.1. The molecule has 1 amide bonds. The molecule has 0 radical (unpaired) electrons. The van der Waals surface area contributed by atoms with Crippen molar-refractivity contribution in [3.05, 3.63) is 35.7 Å². The quantitative estimate of drug-likeness (QED) is 0.542. The monoisotopic (exact) mass is 321 g/mol. The second-order valence-corrected chi connectivity index (χ2v) is 5.25. The van der Waals surface area contributed by atoms with Gasteiger partial charge in [0.05, 0.1) is 6.07 Å². The number of aromatic hydroxyl groups is 1. The predicted octanol–water partition coefficient (Wildman–Crippen LogP) is -2.34. The van der Waals surface area contributed by atoms with Gasteiger partial charge in [0.2, 0.25) is 0 Å². The lowest BCUT2D eigenvalue weighted by Gasteiger charge is -2.10. The van der Waals surface area contributed by atoms with Gasteiger partial charge in [-0.1, -0.05) is 17.0 Å². The predicted molar refractivity (Wildman–Crippen MR) is 92.4 cm³/mol. The second-order valence-electron chi connectivity index (χ2n) is 5.25. The number of aliphatic carboxylic acids is 1. The number of nitriles is 1. The lowest BCUT2D eigenvalue weighted by molar-refractivity contribution is -0.135. The highest BCUT2D eigenvalue weighted by Crippen LogP contribution is 2.24. The number of pyridine rings is 1. The molecule has 2 rings (SSSR count). The maximum Gasteiger partial charge on any atom is 0.322 e. The summed E-state index contributed by atoms with van der Waals surface area (Å²) in [6.07, 6.45) is 1.39. The van der Waals surface area contributed by atoms with Gasteiger partial charge in [0.15, 0.2) is 5.69 Å². The van der Waals surface area contributed by atoms with E-state index in [2.05, 4.69) is 16.4 Å². The van der Waals surface area contributed by atoms with Crippen molar-refractivity contribution in [2.45, 2.75) is 0 Å². The molecule has 24 heavy (non-hydrogen) atoms. The van der Waals surface area contributed by atoms with E-state index in [0.717, 1.165) is 10.9 Å². The Kier molecular flexibility index (Phi) is 4.90. The van der Waals surface area contributed by atoms with Crippen LogP contribution in [0.4, 0.5) is 0 Å². The Morgan fingerprint density at radius 2 is 1.96 bits per heavy atom. The number of carbonyl (C=O) groups is 2. The lowest BCUT2D eigenvalue weighted by atomic mass is 9.76. The van der Waals surface area contributed by atoms with Gasteiger partial charge < -0.3 is 15.5 Å². The van der Waals surface area contributed by atoms with Crippen LogP contribution < -0.4 is 16.2 Å². The Morgan fingerprint density at radius 3 is 2.54 bits per heavy atom. The molecule has 0 aliphatic carbocycles. The summed E-state index contributed by atoms with van der Waals surface area (Å²) in [5.74, 6) is -2.34. The summed E-state index contributed by atoms with van der Waals surface area (Å²) in [6.45, 7) is -0.565. The minimum atomic E-state index is -1.20. The summed E-state index contributed by atoms with van der Waals surface area (Å²) in [6, 6.07) is 7.01. The maximum absolute atomic E-state index is 11.8. The standard InChI is InChI=1S/C15H13B2N3O4/c16-10-2-7(1-8(4-18)13(10)17)9-3-11(21)14(19-5-9)15(24)20-6-12(22)23/h1-3,5,21H,6,16-17H2,(H,20,24)(H,22,23). The fourth-order valence-corrected chi connectivity index (χ4v) is 2.17. The number of carboxylic acid groups (broad SMARTS) is 1. The molecule has 0 bridgehead atoms. The third-order valence-corrected chi connectivity index (χ3v) is 3.60. The molecule has 0 spiro atoms. The van der Waals surface area contributed by atoms with Gasteiger partial charge in [-0.3, -0.25) is 9.59 Å². The molecule has 9 heteroatoms. The lowest BCUT2D eigenvalue weighted by Crippen LogP contribution is -2.30. The number of nitrogens with zero attached hydrogens (tertiary/aromatic N) is 2. The zero-order valence-electron chi connectivity index (χ0n) is 13.1. The molecule has 0 atom stereocenters. The number of hydrogen-bond donors (Lipinski definition) is 3. The molecule has 0 aliphatic rings. The van der Waals surface area contributed by atoms with Crippen LogP contribution in [0.15, 0.2) is 24.4 Å². The third-order valence-electron chi connectivity index (χ3n) is 3.60. The van der Waals surface area contributed by atoms with Crippen molar-refractivity contribution in [1.29, 1.82) is 5.26 Å². The molecule has 0 aliphatic heterocycles. The van der Waals surface area contributed by atoms with Crippen LogP contribution >= 0.6 is 0 Å². The molecule has 0 unspecified atom stereocenters. The Labute approximate surface area is 139 Å². The summed E-state index contributed by atoms with van der Waals surface area (Å²) < 4.78 is 0. The molecule has 1 heterocycles. The van der Waals surface area contributed by atoms with Crippen molar-refractivity contribution in [1.82, 2.24) is 10.3 Å². The van der Waals surface area contributed by atoms with E-state index < -0.39 is 18.4 Å². The van der Waals surface area contributed by atoms with E-state index in [1.54, 1.807) is 6.07 Å². The molecule has 0 saturated carbocycles. The van der Waals surface area contributed by atoms with E-state index in [1.165, 1.54) is 12.3 Å². The Hall–Kier alpha value is -3.27. The smallest absolute Gasteiger partial charge is 0.322 e. The van der Waals surface area contributed by atoms with Gasteiger partial charge in [0.1, 0.15) is 28.0 Å². The summed E-state index contributed by atoms with van der Waals surface area (Å²) in [5.41, 5.74) is 3.30. The number of carbonyl (C=O) groups excluding carboxylic acids is 1. The summed E-state index contributed by atoms with van der Waals surface area (Å²) >= 11 is 0. The Morgan fingerprint density at radius 1 is 1.25 bits per heavy atom. The Balaban J connectivity index is 2.37. The molecule has 7 nitrogen and oxygen atoms in total. The molecular weight excluding hydrogens is 308 g/mol. The van der Waals surface area contributed by atoms with Crippen LogP contribution in [0, 0.1) is 11.3 Å². The van der Waals surface area contributed by atoms with Gasteiger partial charge >= 0.3 is 5.97 Å². The van der Waals surface area contributed by atoms with Crippen LogP contribution in [0.5, 0.6) is 5.75 Å². The SMILES string of the molecule is Bc1cc(-c2cnc(C(=O)NCC(=O)O)c(O)c2)cc(C#N)c1B. The number of rotatable bonds is 4. The van der Waals surface area contributed by atoms with Crippen LogP contribution in [0.1, 0.15) is 16.1 Å². The summed E-state index contributed by atoms with van der Waals surface area (Å²) in [7, 11) is 3.73. The molecule has 0 saturated heterocycles. The van der Waals surface area contributed by atoms with Crippen molar-refractivity contribution in [2.75, 3.05) is 6.54 Å². The number of hydrogen-bond acceptors (Lipinski definition) is 5. The molecular formula is C15H13B2N3O4. The number of benzene rings is 1. The number of carboxylic acids is 1. The summed E-state index contributed by atoms with van der Waals surface area (Å²) in [5, 5.41) is 29.9. The maximum atomic E-state index is 11.8. The highest BCUT2D eigenvalue weighted by molar-refractivity contribution is 6.49. The van der Waals surface area contributed by atoms with Gasteiger partial charge in [0.25, 0.3) is 5.91 Å². The van der Waals surface area contributed by atoms with Crippen LogP contribution in [-0.2, 0) is 4.79 Å². The van der Waals surface area contributed by atoms with Gasteiger partial charge in [-0.15, -0.1) is 0 Å². The first kappa shape index (κ1) is 17.1. The van der Waals surface area contributed by atoms with Gasteiger partial charge in [0, 0.05) is 17.3 Å². The molecule has 3 N–H and O–H groups in total. The fraction of sp³-hybridized carbons (Fsp3) is 0.0667. The van der Waals surface area contributed by atoms with E-state index in [4.69, 9.17) is 5.11 Å². The van der Waals surface area contributed by atoms with Crippen LogP contribution in [0.3, 0.4) is 0 Å². The Bertz CT molecular complexity index is 878. The first-order chi connectivity index (χ1) is 11.3. The first-order valence-corrected chi connectivity index (χ1v) is 7.04. The second kappa shape index (κ2) is 6.87. The highest BCUT2D eigenvalue weighted by atomic mass is 16.4. The highest BCUT2D eigenvalue weighted by Gasteiger charge is 2.15. The zero-order chi connectivity index (χ0) is 17.9. The normalized spacial score (nSPS) is 9.96. The minimum Gasteiger partial charge on any atom is -0.505 e. The van der Waals surface area contributed by atoms with E-state index in [-0.39, 0.29) is 11.4 Å². The number of nitrogens with one attached hydrogen (secondary N) is 1. The van der Waals surface area contributed by atoms with E-state index in [9.17, 15) is 20.0 Å². The fourth-order valence-electron chi connectivity index (χ4n) is 2.17. The van der Waals surface area contributed by atoms with E-state index in [1.807, 2.05) is 21.8 Å². The molecule has 1 aromatic carbocycles. The third kappa shape index (κ3) is 3.55. The van der Waals surface area contributed by atoms with Crippen LogP contribution in [-0.4, -0.2) is 49.3 Å². The molecule has 0 fully saturated rings. The van der Waals surface area contributed by atoms with Gasteiger partial charge in [-0.25, -0.2) is 4.98 Å². The van der Waals surface area contributed by atoms with Crippen LogP contribution in [0.2, 0.25) is 0 Å². The van der Waals surface area contributed by atoms with Crippen molar-refractivity contribution < 1.29 is 19.8 Å². The number of amides is 1. The molecule has 118 valence electrons. The van der Waals surface area contributed by atoms with Gasteiger partial charge in [-0.2, -0.15) is 5.26 Å². The van der Waals surface area contributed by atoms with Gasteiger partial charge in [-0.05, 0) is 17.7 Å². The number of aromatic nitrogens is 1. The van der Waals surface area contributed by atoms with Crippen molar-refractivity contribution >= 4 is 38.5 Å². The van der Waals surface area contributed by atoms with E-state index >= 15 is 0 Å². The van der Waals surface area contributed by atoms with Crippen LogP contribution in [0.25, 0.3) is 11.1 Å². The minimum absolute atomic E-state index is 0.260. The van der Waals surface area contributed by atoms with Crippen molar-refractivity contribution in [2.24, 2.45) is 0 Å². The average molecular weight is 321 g/mol. The van der Waals surface area contributed by atoms with E-state index in [0.29, 0.717) is 16.7 Å². The van der Waals surface area contributed by atoms with Crippen molar-refractivity contribution in [3.63, 3.8) is 0 Å².